The van der Waals surface area contributed by atoms with E-state index < -0.39 is 0 Å². The molecule has 14 heavy (non-hydrogen) atoms. The van der Waals surface area contributed by atoms with Gasteiger partial charge in [-0.15, -0.1) is 0 Å². The Labute approximate surface area is 88.3 Å². The summed E-state index contributed by atoms with van der Waals surface area (Å²) >= 11 is 0. The number of nitrogens with one attached hydrogen (secondary N) is 1. The van der Waals surface area contributed by atoms with E-state index in [4.69, 9.17) is 0 Å². The highest BCUT2D eigenvalue weighted by atomic mass is 14.9. The minimum atomic E-state index is 0.157. The largest absolute Gasteiger partial charge is 0.362 e. The fourth-order valence-electron chi connectivity index (χ4n) is 1.60. The van der Waals surface area contributed by atoms with Crippen molar-refractivity contribution >= 4 is 0 Å². The normalized spacial score (nSPS) is 18.3. The average Bonchev–Trinajstić information content (AvgIpc) is 2.07. The molecule has 0 atom stereocenters. The second-order valence-electron chi connectivity index (χ2n) is 5.32. The number of allylic oxidation sites excluding steroid dienone is 3. The van der Waals surface area contributed by atoms with Gasteiger partial charge in [-0.05, 0) is 32.6 Å². The summed E-state index contributed by atoms with van der Waals surface area (Å²) in [5, 5.41) is 3.49. The van der Waals surface area contributed by atoms with E-state index in [2.05, 4.69) is 39.6 Å². The van der Waals surface area contributed by atoms with Crippen LogP contribution < -0.4 is 5.32 Å². The maximum atomic E-state index is 4.11. The zero-order valence-electron chi connectivity index (χ0n) is 10.0. The lowest BCUT2D eigenvalue weighted by Crippen LogP contribution is -2.24. The smallest absolute Gasteiger partial charge is 0.0137 e. The highest BCUT2D eigenvalue weighted by Crippen LogP contribution is 2.27. The molecule has 80 valence electrons. The van der Waals surface area contributed by atoms with Crippen molar-refractivity contribution in [3.05, 3.63) is 23.5 Å². The topological polar surface area (TPSA) is 12.0 Å². The molecule has 1 rings (SSSR count). The van der Waals surface area contributed by atoms with Gasteiger partial charge in [-0.2, -0.15) is 0 Å². The third kappa shape index (κ3) is 2.90. The van der Waals surface area contributed by atoms with Gasteiger partial charge in [0.05, 0.1) is 0 Å². The summed E-state index contributed by atoms with van der Waals surface area (Å²) < 4.78 is 0. The van der Waals surface area contributed by atoms with Gasteiger partial charge < -0.3 is 5.32 Å². The molecule has 1 N–H and O–H groups in total. The van der Waals surface area contributed by atoms with E-state index in [-0.39, 0.29) is 5.41 Å². The summed E-state index contributed by atoms with van der Waals surface area (Å²) in [5.41, 5.74) is 4.22. The molecule has 0 fully saturated rings. The maximum Gasteiger partial charge on any atom is 0.0137 e. The average molecular weight is 193 g/mol. The Morgan fingerprint density at radius 2 is 1.79 bits per heavy atom. The van der Waals surface area contributed by atoms with Gasteiger partial charge in [0.25, 0.3) is 0 Å². The number of rotatable bonds is 2. The standard InChI is InChI=1S/C13H23N/c1-10-8-6-7-9-12(10)14-11(2)13(3,4)5/h14H,2,6-9H2,1,3-5H3. The molecule has 0 aromatic carbocycles. The van der Waals surface area contributed by atoms with Gasteiger partial charge in [-0.1, -0.05) is 32.9 Å². The first kappa shape index (κ1) is 11.4. The first-order chi connectivity index (χ1) is 6.41. The zero-order valence-corrected chi connectivity index (χ0v) is 10.0. The van der Waals surface area contributed by atoms with Crippen molar-refractivity contribution in [2.75, 3.05) is 0 Å². The lowest BCUT2D eigenvalue weighted by Gasteiger charge is -2.27. The molecule has 1 aliphatic rings. The summed E-state index contributed by atoms with van der Waals surface area (Å²) in [7, 11) is 0. The van der Waals surface area contributed by atoms with E-state index in [0.29, 0.717) is 0 Å². The Balaban J connectivity index is 2.64. The van der Waals surface area contributed by atoms with Gasteiger partial charge in [0.2, 0.25) is 0 Å². The molecule has 0 radical (unpaired) electrons. The molecular formula is C13H23N. The molecule has 0 unspecified atom stereocenters. The summed E-state index contributed by atoms with van der Waals surface area (Å²) in [6.45, 7) is 12.9. The molecule has 0 aliphatic heterocycles. The van der Waals surface area contributed by atoms with Crippen LogP contribution in [0.5, 0.6) is 0 Å². The van der Waals surface area contributed by atoms with Gasteiger partial charge in [-0.3, -0.25) is 0 Å². The van der Waals surface area contributed by atoms with Crippen molar-refractivity contribution in [1.82, 2.24) is 5.32 Å². The van der Waals surface area contributed by atoms with Crippen molar-refractivity contribution in [1.29, 1.82) is 0 Å². The van der Waals surface area contributed by atoms with Crippen molar-refractivity contribution < 1.29 is 0 Å². The van der Waals surface area contributed by atoms with Gasteiger partial charge in [-0.25, -0.2) is 0 Å². The van der Waals surface area contributed by atoms with Crippen molar-refractivity contribution in [3.63, 3.8) is 0 Å². The Morgan fingerprint density at radius 1 is 1.21 bits per heavy atom. The molecule has 0 aromatic rings. The lowest BCUT2D eigenvalue weighted by atomic mass is 9.91. The first-order valence-corrected chi connectivity index (χ1v) is 5.56. The van der Waals surface area contributed by atoms with Crippen molar-refractivity contribution in [2.24, 2.45) is 5.41 Å². The fourth-order valence-corrected chi connectivity index (χ4v) is 1.60. The van der Waals surface area contributed by atoms with Crippen LogP contribution in [0.25, 0.3) is 0 Å². The molecule has 1 heteroatoms. The minimum absolute atomic E-state index is 0.157. The quantitative estimate of drug-likeness (QED) is 0.699. The summed E-state index contributed by atoms with van der Waals surface area (Å²) in [4.78, 5) is 0. The Kier molecular flexibility index (Phi) is 3.41. The number of hydrogen-bond acceptors (Lipinski definition) is 1. The fraction of sp³-hybridized carbons (Fsp3) is 0.692. The van der Waals surface area contributed by atoms with E-state index in [1.807, 2.05) is 0 Å². The third-order valence-corrected chi connectivity index (χ3v) is 2.95. The summed E-state index contributed by atoms with van der Waals surface area (Å²) in [6, 6.07) is 0. The molecule has 0 saturated heterocycles. The highest BCUT2D eigenvalue weighted by molar-refractivity contribution is 5.19. The van der Waals surface area contributed by atoms with Crippen LogP contribution in [0.3, 0.4) is 0 Å². The molecular weight excluding hydrogens is 170 g/mol. The third-order valence-electron chi connectivity index (χ3n) is 2.95. The van der Waals surface area contributed by atoms with Gasteiger partial charge in [0, 0.05) is 16.8 Å². The van der Waals surface area contributed by atoms with E-state index in [1.54, 1.807) is 0 Å². The molecule has 1 nitrogen and oxygen atoms in total. The van der Waals surface area contributed by atoms with Crippen LogP contribution >= 0.6 is 0 Å². The predicted octanol–water partition coefficient (Wildman–Crippen LogP) is 3.98. The van der Waals surface area contributed by atoms with E-state index in [9.17, 15) is 0 Å². The molecule has 0 spiro atoms. The van der Waals surface area contributed by atoms with Crippen LogP contribution in [0.15, 0.2) is 23.5 Å². The summed E-state index contributed by atoms with van der Waals surface area (Å²) in [6.07, 6.45) is 5.11. The zero-order chi connectivity index (χ0) is 10.8. The molecule has 0 aromatic heterocycles. The van der Waals surface area contributed by atoms with Gasteiger partial charge in [0.1, 0.15) is 0 Å². The SMILES string of the molecule is C=C(NC1=C(C)CCCC1)C(C)(C)C. The number of hydrogen-bond donors (Lipinski definition) is 1. The minimum Gasteiger partial charge on any atom is -0.362 e. The Bertz CT molecular complexity index is 253. The van der Waals surface area contributed by atoms with E-state index in [0.717, 1.165) is 5.70 Å². The van der Waals surface area contributed by atoms with Crippen molar-refractivity contribution in [3.8, 4) is 0 Å². The lowest BCUT2D eigenvalue weighted by molar-refractivity contribution is 0.468. The maximum absolute atomic E-state index is 4.11. The van der Waals surface area contributed by atoms with Crippen LogP contribution in [0.1, 0.15) is 53.4 Å². The second-order valence-corrected chi connectivity index (χ2v) is 5.32. The second kappa shape index (κ2) is 4.20. The predicted molar refractivity (Wildman–Crippen MR) is 62.9 cm³/mol. The molecule has 0 saturated carbocycles. The van der Waals surface area contributed by atoms with Crippen LogP contribution in [-0.2, 0) is 0 Å². The summed E-state index contributed by atoms with van der Waals surface area (Å²) in [5.74, 6) is 0. The van der Waals surface area contributed by atoms with Crippen LogP contribution in [0.2, 0.25) is 0 Å². The van der Waals surface area contributed by atoms with Crippen molar-refractivity contribution in [2.45, 2.75) is 53.4 Å². The van der Waals surface area contributed by atoms with E-state index in [1.165, 1.54) is 37.0 Å². The monoisotopic (exact) mass is 193 g/mol. The molecule has 0 amide bonds. The van der Waals surface area contributed by atoms with Crippen LogP contribution in [0.4, 0.5) is 0 Å². The van der Waals surface area contributed by atoms with Gasteiger partial charge in [0.15, 0.2) is 0 Å². The first-order valence-electron chi connectivity index (χ1n) is 5.56. The molecule has 0 bridgehead atoms. The molecule has 1 aliphatic carbocycles. The Morgan fingerprint density at radius 3 is 2.29 bits per heavy atom. The Hall–Kier alpha value is -0.720. The van der Waals surface area contributed by atoms with Crippen LogP contribution in [0, 0.1) is 5.41 Å². The molecule has 0 heterocycles. The highest BCUT2D eigenvalue weighted by Gasteiger charge is 2.17. The van der Waals surface area contributed by atoms with E-state index >= 15 is 0 Å². The van der Waals surface area contributed by atoms with Gasteiger partial charge >= 0.3 is 0 Å². The van der Waals surface area contributed by atoms with Crippen LogP contribution in [-0.4, -0.2) is 0 Å².